The highest BCUT2D eigenvalue weighted by molar-refractivity contribution is 7.09. The van der Waals surface area contributed by atoms with Crippen molar-refractivity contribution in [2.24, 2.45) is 5.73 Å². The largest absolute Gasteiger partial charge is 0.394 e. The zero-order chi connectivity index (χ0) is 12.3. The maximum atomic E-state index is 9.11. The van der Waals surface area contributed by atoms with E-state index in [4.69, 9.17) is 10.8 Å². The smallest absolute Gasteiger partial charge is 0.0951 e. The van der Waals surface area contributed by atoms with E-state index in [9.17, 15) is 0 Å². The lowest BCUT2D eigenvalue weighted by molar-refractivity contribution is 0.261. The van der Waals surface area contributed by atoms with Crippen LogP contribution in [0.1, 0.15) is 29.6 Å². The maximum Gasteiger partial charge on any atom is 0.0951 e. The summed E-state index contributed by atoms with van der Waals surface area (Å²) in [5.41, 5.74) is 6.73. The second-order valence-electron chi connectivity index (χ2n) is 4.15. The van der Waals surface area contributed by atoms with E-state index in [1.54, 1.807) is 23.9 Å². The molecule has 0 fully saturated rings. The van der Waals surface area contributed by atoms with Crippen molar-refractivity contribution in [3.8, 4) is 0 Å². The van der Waals surface area contributed by atoms with Gasteiger partial charge in [-0.05, 0) is 18.4 Å². The van der Waals surface area contributed by atoms with Crippen LogP contribution in [-0.2, 0) is 6.42 Å². The van der Waals surface area contributed by atoms with Gasteiger partial charge in [-0.1, -0.05) is 6.07 Å². The van der Waals surface area contributed by atoms with E-state index < -0.39 is 0 Å². The van der Waals surface area contributed by atoms with E-state index in [-0.39, 0.29) is 12.6 Å². The van der Waals surface area contributed by atoms with Gasteiger partial charge in [0.1, 0.15) is 0 Å². The van der Waals surface area contributed by atoms with Crippen molar-refractivity contribution in [3.05, 3.63) is 40.6 Å². The Balaban J connectivity index is 2.14. The van der Waals surface area contributed by atoms with Crippen molar-refractivity contribution in [3.63, 3.8) is 0 Å². The topological polar surface area (TPSA) is 64.1 Å². The van der Waals surface area contributed by atoms with Gasteiger partial charge in [-0.2, -0.15) is 0 Å². The molecule has 2 unspecified atom stereocenters. The molecule has 0 amide bonds. The van der Waals surface area contributed by atoms with Gasteiger partial charge in [-0.25, -0.2) is 4.98 Å². The minimum absolute atomic E-state index is 0.0581. The number of hydrogen-bond acceptors (Lipinski definition) is 4. The van der Waals surface area contributed by atoms with Crippen LogP contribution in [0.3, 0.4) is 0 Å². The summed E-state index contributed by atoms with van der Waals surface area (Å²) in [7, 11) is 0. The molecule has 2 aromatic heterocycles. The Morgan fingerprint density at radius 1 is 1.59 bits per heavy atom. The number of aromatic nitrogens is 2. The van der Waals surface area contributed by atoms with E-state index in [0.717, 1.165) is 12.1 Å². The summed E-state index contributed by atoms with van der Waals surface area (Å²) in [6, 6.07) is 4.12. The van der Waals surface area contributed by atoms with Crippen LogP contribution in [0, 0.1) is 0 Å². The van der Waals surface area contributed by atoms with Crippen LogP contribution in [0.15, 0.2) is 30.0 Å². The Morgan fingerprint density at radius 2 is 2.41 bits per heavy atom. The number of nitrogens with zero attached hydrogens (tertiary/aromatic N) is 2. The fourth-order valence-corrected chi connectivity index (χ4v) is 2.71. The number of nitrogens with two attached hydrogens (primary N) is 1. The van der Waals surface area contributed by atoms with Crippen molar-refractivity contribution in [2.45, 2.75) is 25.4 Å². The standard InChI is InChI=1S/C12H17N3OS/c1-9(5-10-3-2-4-17-10)15-8-14-6-12(15)11(13)7-16/h2-4,6,8-9,11,16H,5,7,13H2,1H3. The molecular weight excluding hydrogens is 234 g/mol. The zero-order valence-electron chi connectivity index (χ0n) is 9.78. The Morgan fingerprint density at radius 3 is 3.06 bits per heavy atom. The number of aliphatic hydroxyl groups excluding tert-OH is 1. The highest BCUT2D eigenvalue weighted by Gasteiger charge is 2.15. The molecule has 0 aromatic carbocycles. The van der Waals surface area contributed by atoms with Crippen molar-refractivity contribution in [2.75, 3.05) is 6.61 Å². The van der Waals surface area contributed by atoms with Gasteiger partial charge in [0.05, 0.1) is 24.7 Å². The lowest BCUT2D eigenvalue weighted by Crippen LogP contribution is -2.20. The molecule has 2 atom stereocenters. The number of aliphatic hydroxyl groups is 1. The third-order valence-electron chi connectivity index (χ3n) is 2.82. The van der Waals surface area contributed by atoms with Crippen LogP contribution >= 0.6 is 11.3 Å². The van der Waals surface area contributed by atoms with E-state index in [1.165, 1.54) is 4.88 Å². The first kappa shape index (κ1) is 12.3. The molecule has 17 heavy (non-hydrogen) atoms. The van der Waals surface area contributed by atoms with Gasteiger partial charge in [0, 0.05) is 23.5 Å². The lowest BCUT2D eigenvalue weighted by Gasteiger charge is -2.18. The van der Waals surface area contributed by atoms with Crippen LogP contribution in [-0.4, -0.2) is 21.3 Å². The molecule has 0 radical (unpaired) electrons. The Hall–Kier alpha value is -1.17. The second-order valence-corrected chi connectivity index (χ2v) is 5.18. The fraction of sp³-hybridized carbons (Fsp3) is 0.417. The summed E-state index contributed by atoms with van der Waals surface area (Å²) >= 11 is 1.75. The van der Waals surface area contributed by atoms with E-state index in [0.29, 0.717) is 6.04 Å². The van der Waals surface area contributed by atoms with E-state index >= 15 is 0 Å². The summed E-state index contributed by atoms with van der Waals surface area (Å²) < 4.78 is 2.04. The molecule has 92 valence electrons. The fourth-order valence-electron chi connectivity index (χ4n) is 1.88. The van der Waals surface area contributed by atoms with Crippen LogP contribution in [0.25, 0.3) is 0 Å². The number of rotatable bonds is 5. The first-order chi connectivity index (χ1) is 8.22. The van der Waals surface area contributed by atoms with E-state index in [1.807, 2.05) is 4.57 Å². The molecule has 3 N–H and O–H groups in total. The Kier molecular flexibility index (Phi) is 3.93. The molecule has 0 spiro atoms. The average molecular weight is 251 g/mol. The van der Waals surface area contributed by atoms with Crippen molar-refractivity contribution >= 4 is 11.3 Å². The first-order valence-electron chi connectivity index (χ1n) is 5.63. The monoisotopic (exact) mass is 251 g/mol. The molecular formula is C12H17N3OS. The highest BCUT2D eigenvalue weighted by atomic mass is 32.1. The Bertz CT molecular complexity index is 452. The predicted molar refractivity (Wildman–Crippen MR) is 69.0 cm³/mol. The van der Waals surface area contributed by atoms with Gasteiger partial charge >= 0.3 is 0 Å². The first-order valence-corrected chi connectivity index (χ1v) is 6.51. The third-order valence-corrected chi connectivity index (χ3v) is 3.72. The molecule has 0 saturated carbocycles. The molecule has 2 rings (SSSR count). The van der Waals surface area contributed by atoms with Gasteiger partial charge in [0.2, 0.25) is 0 Å². The summed E-state index contributed by atoms with van der Waals surface area (Å²) in [5.74, 6) is 0. The van der Waals surface area contributed by atoms with Gasteiger partial charge in [-0.3, -0.25) is 0 Å². The SMILES string of the molecule is CC(Cc1cccs1)n1cncc1C(N)CO. The second kappa shape index (κ2) is 5.44. The Labute approximate surface area is 105 Å². The number of hydrogen-bond donors (Lipinski definition) is 2. The quantitative estimate of drug-likeness (QED) is 0.850. The molecule has 4 nitrogen and oxygen atoms in total. The zero-order valence-corrected chi connectivity index (χ0v) is 10.6. The normalized spacial score (nSPS) is 14.8. The molecule has 5 heteroatoms. The van der Waals surface area contributed by atoms with Crippen LogP contribution in [0.4, 0.5) is 0 Å². The summed E-state index contributed by atoms with van der Waals surface area (Å²) in [5, 5.41) is 11.2. The minimum Gasteiger partial charge on any atom is -0.394 e. The van der Waals surface area contributed by atoms with E-state index in [2.05, 4.69) is 29.4 Å². The predicted octanol–water partition coefficient (Wildman–Crippen LogP) is 1.74. The summed E-state index contributed by atoms with van der Waals surface area (Å²) in [6.45, 7) is 2.08. The number of thiophene rings is 1. The lowest BCUT2D eigenvalue weighted by atomic mass is 10.1. The minimum atomic E-state index is -0.358. The maximum absolute atomic E-state index is 9.11. The van der Waals surface area contributed by atoms with Gasteiger partial charge in [0.25, 0.3) is 0 Å². The average Bonchev–Trinajstić information content (AvgIpc) is 2.97. The summed E-state index contributed by atoms with van der Waals surface area (Å²) in [6.07, 6.45) is 4.47. The molecule has 2 aromatic rings. The molecule has 0 aliphatic carbocycles. The van der Waals surface area contributed by atoms with Gasteiger partial charge < -0.3 is 15.4 Å². The number of imidazole rings is 1. The van der Waals surface area contributed by atoms with Crippen molar-refractivity contribution in [1.82, 2.24) is 9.55 Å². The molecule has 2 heterocycles. The van der Waals surface area contributed by atoms with Crippen LogP contribution in [0.2, 0.25) is 0 Å². The van der Waals surface area contributed by atoms with Crippen molar-refractivity contribution in [1.29, 1.82) is 0 Å². The van der Waals surface area contributed by atoms with Crippen LogP contribution < -0.4 is 5.73 Å². The molecule has 0 aliphatic rings. The molecule has 0 bridgehead atoms. The van der Waals surface area contributed by atoms with Gasteiger partial charge in [-0.15, -0.1) is 11.3 Å². The van der Waals surface area contributed by atoms with Crippen molar-refractivity contribution < 1.29 is 5.11 Å². The third kappa shape index (κ3) is 2.74. The highest BCUT2D eigenvalue weighted by Crippen LogP contribution is 2.21. The van der Waals surface area contributed by atoms with Gasteiger partial charge in [0.15, 0.2) is 0 Å². The summed E-state index contributed by atoms with van der Waals surface area (Å²) in [4.78, 5) is 5.46. The molecule has 0 aliphatic heterocycles. The van der Waals surface area contributed by atoms with Crippen LogP contribution in [0.5, 0.6) is 0 Å². The molecule has 0 saturated heterocycles.